The van der Waals surface area contributed by atoms with Gasteiger partial charge in [0.15, 0.2) is 0 Å². The van der Waals surface area contributed by atoms with Crippen LogP contribution >= 0.6 is 0 Å². The van der Waals surface area contributed by atoms with Crippen molar-refractivity contribution in [2.24, 2.45) is 0 Å². The van der Waals surface area contributed by atoms with Gasteiger partial charge in [0.2, 0.25) is 35.4 Å². The molecule has 2 fully saturated rings. The molecule has 7 rings (SSSR count). The molecule has 8 N–H and O–H groups in total. The molecule has 2 aliphatic carbocycles. The number of carbonyl (C=O) groups is 8. The summed E-state index contributed by atoms with van der Waals surface area (Å²) in [5.41, 5.74) is 4.96. The zero-order chi connectivity index (χ0) is 51.3. The van der Waals surface area contributed by atoms with Crippen LogP contribution in [-0.4, -0.2) is 134 Å². The van der Waals surface area contributed by atoms with Crippen molar-refractivity contribution in [3.8, 4) is 0 Å². The van der Waals surface area contributed by atoms with Gasteiger partial charge in [-0.2, -0.15) is 0 Å². The van der Waals surface area contributed by atoms with Crippen LogP contribution in [0.1, 0.15) is 133 Å². The van der Waals surface area contributed by atoms with Crippen molar-refractivity contribution in [3.05, 3.63) is 106 Å². The fraction of sp³-hybridized carbons (Fsp3) is 0.519. The second kappa shape index (κ2) is 25.1. The molecule has 18 heteroatoms. The second-order valence-corrected chi connectivity index (χ2v) is 19.5. The van der Waals surface area contributed by atoms with Crippen LogP contribution in [0.25, 0.3) is 0 Å². The number of benzene rings is 3. The van der Waals surface area contributed by atoms with Gasteiger partial charge in [-0.25, -0.2) is 0 Å². The van der Waals surface area contributed by atoms with Gasteiger partial charge in [0.25, 0.3) is 11.8 Å². The first kappa shape index (κ1) is 53.1. The van der Waals surface area contributed by atoms with E-state index in [9.17, 15) is 38.4 Å². The number of hydrogen-bond acceptors (Lipinski definition) is 10. The van der Waals surface area contributed by atoms with Gasteiger partial charge in [0.1, 0.15) is 24.2 Å². The van der Waals surface area contributed by atoms with Gasteiger partial charge in [0.05, 0.1) is 24.2 Å². The lowest BCUT2D eigenvalue weighted by Gasteiger charge is -2.32. The number of aryl methyl sites for hydroxylation is 2. The molecule has 0 saturated carbocycles. The van der Waals surface area contributed by atoms with Gasteiger partial charge >= 0.3 is 0 Å². The molecule has 72 heavy (non-hydrogen) atoms. The Bertz CT molecular complexity index is 2300. The van der Waals surface area contributed by atoms with Gasteiger partial charge in [0, 0.05) is 37.3 Å². The van der Waals surface area contributed by atoms with Crippen LogP contribution in [0.4, 0.5) is 0 Å². The number of amides is 8. The van der Waals surface area contributed by atoms with E-state index >= 15 is 0 Å². The third-order valence-corrected chi connectivity index (χ3v) is 14.8. The molecular formula is C54H72N10O8. The van der Waals surface area contributed by atoms with Gasteiger partial charge in [-0.1, -0.05) is 54.6 Å². The van der Waals surface area contributed by atoms with E-state index in [0.29, 0.717) is 38.8 Å². The maximum Gasteiger partial charge on any atom is 0.251 e. The molecule has 0 radical (unpaired) electrons. The molecule has 0 unspecified atom stereocenters. The molecule has 2 heterocycles. The Morgan fingerprint density at radius 3 is 1.38 bits per heavy atom. The van der Waals surface area contributed by atoms with Crippen LogP contribution in [0.3, 0.4) is 0 Å². The van der Waals surface area contributed by atoms with Gasteiger partial charge < -0.3 is 52.3 Å². The van der Waals surface area contributed by atoms with Crippen molar-refractivity contribution < 1.29 is 38.4 Å². The average Bonchev–Trinajstić information content (AvgIpc) is 4.11. The third-order valence-electron chi connectivity index (χ3n) is 14.8. The maximum absolute atomic E-state index is 14.2. The highest BCUT2D eigenvalue weighted by Crippen LogP contribution is 2.32. The quantitative estimate of drug-likeness (QED) is 0.0824. The van der Waals surface area contributed by atoms with Gasteiger partial charge in [-0.05, 0) is 145 Å². The third kappa shape index (κ3) is 13.1. The smallest absolute Gasteiger partial charge is 0.251 e. The molecule has 386 valence electrons. The summed E-state index contributed by atoms with van der Waals surface area (Å²) in [4.78, 5) is 112. The van der Waals surface area contributed by atoms with E-state index in [1.165, 1.54) is 27.0 Å². The lowest BCUT2D eigenvalue weighted by molar-refractivity contribution is -0.142. The highest BCUT2D eigenvalue weighted by molar-refractivity contribution is 6.00. The predicted octanol–water partition coefficient (Wildman–Crippen LogP) is 2.48. The normalized spacial score (nSPS) is 20.9. The number of likely N-dealkylation sites (tertiary alicyclic amines) is 2. The number of fused-ring (bicyclic) bond motifs is 2. The SMILES string of the molecule is CN[C@@H](C)C(=O)N[C@@H](CCNC(=O)c1cccc(C(=O)NCC[C@H](NC(=O)[C@H](C)NC)C(=O)N2CCC[C@H]2C(=O)N[C@@H]2CCCc3ccccc32)c1)C(=O)N1CCC[C@H]1C(=O)N[C@@H]1CCCc2ccccc21. The van der Waals surface area contributed by atoms with Crippen LogP contribution in [0.5, 0.6) is 0 Å². The Hall–Kier alpha value is -6.66. The molecule has 0 spiro atoms. The molecule has 2 aliphatic heterocycles. The zero-order valence-electron chi connectivity index (χ0n) is 42.0. The van der Waals surface area contributed by atoms with Gasteiger partial charge in [-0.15, -0.1) is 0 Å². The number of carbonyl (C=O) groups excluding carboxylic acids is 8. The predicted molar refractivity (Wildman–Crippen MR) is 271 cm³/mol. The summed E-state index contributed by atoms with van der Waals surface area (Å²) in [6.45, 7) is 4.02. The second-order valence-electron chi connectivity index (χ2n) is 19.5. The Morgan fingerprint density at radius 2 is 0.958 bits per heavy atom. The lowest BCUT2D eigenvalue weighted by atomic mass is 9.87. The topological polar surface area (TPSA) is 239 Å². The zero-order valence-corrected chi connectivity index (χ0v) is 42.0. The average molecular weight is 989 g/mol. The monoisotopic (exact) mass is 989 g/mol. The van der Waals surface area contributed by atoms with Crippen LogP contribution in [0.2, 0.25) is 0 Å². The first-order chi connectivity index (χ1) is 34.8. The van der Waals surface area contributed by atoms with Crippen LogP contribution < -0.4 is 42.5 Å². The fourth-order valence-corrected chi connectivity index (χ4v) is 10.4. The minimum atomic E-state index is -1.04. The van der Waals surface area contributed by atoms with Crippen molar-refractivity contribution in [1.29, 1.82) is 0 Å². The molecule has 0 aromatic heterocycles. The van der Waals surface area contributed by atoms with E-state index in [2.05, 4.69) is 54.7 Å². The molecule has 18 nitrogen and oxygen atoms in total. The highest BCUT2D eigenvalue weighted by atomic mass is 16.2. The lowest BCUT2D eigenvalue weighted by Crippen LogP contribution is -2.56. The Labute approximate surface area is 422 Å². The first-order valence-electron chi connectivity index (χ1n) is 25.8. The maximum atomic E-state index is 14.2. The van der Waals surface area contributed by atoms with Crippen molar-refractivity contribution in [1.82, 2.24) is 52.3 Å². The fourth-order valence-electron chi connectivity index (χ4n) is 10.4. The largest absolute Gasteiger partial charge is 0.352 e. The highest BCUT2D eigenvalue weighted by Gasteiger charge is 2.41. The van der Waals surface area contributed by atoms with E-state index in [0.717, 1.165) is 49.7 Å². The molecule has 4 aliphatic rings. The molecule has 8 atom stereocenters. The Balaban J connectivity index is 0.943. The van der Waals surface area contributed by atoms with Crippen molar-refractivity contribution in [2.75, 3.05) is 40.3 Å². The molecule has 2 saturated heterocycles. The molecular weight excluding hydrogens is 917 g/mol. The summed E-state index contributed by atoms with van der Waals surface area (Å²) in [7, 11) is 3.27. The van der Waals surface area contributed by atoms with E-state index in [4.69, 9.17) is 0 Å². The summed E-state index contributed by atoms with van der Waals surface area (Å²) >= 11 is 0. The molecule has 8 amide bonds. The van der Waals surface area contributed by atoms with Crippen molar-refractivity contribution >= 4 is 47.3 Å². The number of likely N-dealkylation sites (N-methyl/N-ethyl adjacent to an activating group) is 2. The van der Waals surface area contributed by atoms with Crippen molar-refractivity contribution in [3.63, 3.8) is 0 Å². The van der Waals surface area contributed by atoms with Crippen LogP contribution in [-0.2, 0) is 41.6 Å². The summed E-state index contributed by atoms with van der Waals surface area (Å²) in [5, 5.41) is 23.5. The summed E-state index contributed by atoms with van der Waals surface area (Å²) in [6, 6.07) is 17.2. The Morgan fingerprint density at radius 1 is 0.542 bits per heavy atom. The van der Waals surface area contributed by atoms with E-state index in [1.54, 1.807) is 46.1 Å². The minimum absolute atomic E-state index is 0.00911. The summed E-state index contributed by atoms with van der Waals surface area (Å²) < 4.78 is 0. The standard InChI is InChI=1S/C54H72N10O8/c1-33(55-3)47(65)61-43(53(71)63-30-12-24-45(63)51(69)59-41-22-10-16-35-14-5-7-20-39(35)41)26-28-57-49(67)37-18-9-19-38(32-37)50(68)58-29-27-44(62-48(66)34(2)56-4)54(72)64-31-13-25-46(64)52(70)60-42-23-11-17-36-15-6-8-21-40(36)42/h5-9,14-15,18-21,32-34,41-46,55-56H,10-13,16-17,22-31H2,1-4H3,(H,57,67)(H,58,68)(H,59,69)(H,60,70)(H,61,65)(H,62,66)/t33-,34-,41+,42+,43-,44-,45-,46-/m0/s1. The van der Waals surface area contributed by atoms with Crippen molar-refractivity contribution in [2.45, 2.75) is 139 Å². The molecule has 3 aromatic carbocycles. The van der Waals surface area contributed by atoms with E-state index < -0.39 is 71.7 Å². The molecule has 0 bridgehead atoms. The number of nitrogens with one attached hydrogen (secondary N) is 8. The molecule has 3 aromatic rings. The first-order valence-corrected chi connectivity index (χ1v) is 25.8. The number of nitrogens with zero attached hydrogens (tertiary/aromatic N) is 2. The van der Waals surface area contributed by atoms with E-state index in [1.807, 2.05) is 36.4 Å². The van der Waals surface area contributed by atoms with Crippen LogP contribution in [0.15, 0.2) is 72.8 Å². The van der Waals surface area contributed by atoms with Gasteiger partial charge in [-0.3, -0.25) is 38.4 Å². The summed E-state index contributed by atoms with van der Waals surface area (Å²) in [5.74, 6) is -3.12. The Kier molecular flexibility index (Phi) is 18.6. The summed E-state index contributed by atoms with van der Waals surface area (Å²) in [6.07, 6.45) is 7.70. The number of rotatable bonds is 20. The van der Waals surface area contributed by atoms with E-state index in [-0.39, 0.29) is 61.0 Å². The minimum Gasteiger partial charge on any atom is -0.352 e. The van der Waals surface area contributed by atoms with Crippen LogP contribution in [0, 0.1) is 0 Å². The number of hydrogen-bond donors (Lipinski definition) is 8.